The van der Waals surface area contributed by atoms with Crippen LogP contribution < -0.4 is 66.7 Å². The highest BCUT2D eigenvalue weighted by molar-refractivity contribution is 5.99. The number of amides is 8. The monoisotopic (exact) mass is 1380 g/mol. The van der Waals surface area contributed by atoms with Crippen LogP contribution in [0.25, 0.3) is 0 Å². The van der Waals surface area contributed by atoms with Gasteiger partial charge in [0, 0.05) is 70.2 Å². The Hall–Kier alpha value is -9.21. The zero-order chi connectivity index (χ0) is 71.6. The molecule has 6 aliphatic rings. The first-order valence-corrected chi connectivity index (χ1v) is 34.3. The van der Waals surface area contributed by atoms with Crippen LogP contribution in [0.3, 0.4) is 0 Å². The minimum Gasteiger partial charge on any atom is -0.480 e. The largest absolute Gasteiger partial charge is 0.480 e. The van der Waals surface area contributed by atoms with Gasteiger partial charge in [0.15, 0.2) is 17.9 Å². The van der Waals surface area contributed by atoms with Crippen molar-refractivity contribution in [2.75, 3.05) is 39.4 Å². The van der Waals surface area contributed by atoms with Gasteiger partial charge in [-0.15, -0.1) is 0 Å². The number of nitrogens with zero attached hydrogens (tertiary/aromatic N) is 7. The molecular formula is C66H99N19O14. The number of nitrogens with one attached hydrogen (secondary N) is 5. The molecule has 542 valence electrons. The lowest BCUT2D eigenvalue weighted by molar-refractivity contribution is -0.154. The maximum Gasteiger partial charge on any atom is 0.326 e. The number of carbonyl (C=O) groups is 10. The summed E-state index contributed by atoms with van der Waals surface area (Å²) in [5, 5.41) is 55.9. The second-order valence-electron chi connectivity index (χ2n) is 26.7. The molecule has 0 radical (unpaired) electrons. The SMILES string of the molecule is NC(N)=NCCC[C@H](N)CN[C@H](CC(=O)N[C@@H](CO)C(=O)N1Cc2ccccc2C[C@@H]1C(=O)N1C2CCCCC2C[C@H]1C(=O)N[C@@H](CCCN=C(N)N)C(=O)O)C(=O)N[C@@H](CO)C(=O)N1Cc2ccccc2C[C@@H]1C(=O)N1C2CCCCC2C[C@H]1C(=O)N[C@@H](CCCN=C(N)N)C(=O)O. The maximum absolute atomic E-state index is 15.5. The van der Waals surface area contributed by atoms with Crippen LogP contribution in [0.15, 0.2) is 63.5 Å². The van der Waals surface area contributed by atoms with E-state index < -0.39 is 151 Å². The van der Waals surface area contributed by atoms with E-state index >= 15 is 19.2 Å². The Balaban J connectivity index is 1.02. The molecular weight excluding hydrogens is 1280 g/mol. The second-order valence-corrected chi connectivity index (χ2v) is 26.7. The van der Waals surface area contributed by atoms with Gasteiger partial charge in [0.1, 0.15) is 48.3 Å². The van der Waals surface area contributed by atoms with Crippen LogP contribution >= 0.6 is 0 Å². The highest BCUT2D eigenvalue weighted by Crippen LogP contribution is 2.43. The Morgan fingerprint density at radius 1 is 0.495 bits per heavy atom. The Morgan fingerprint density at radius 2 is 0.889 bits per heavy atom. The molecule has 2 saturated carbocycles. The fourth-order valence-electron chi connectivity index (χ4n) is 15.1. The summed E-state index contributed by atoms with van der Waals surface area (Å²) in [6.07, 6.45) is 6.51. The number of nitrogens with two attached hydrogens (primary N) is 7. The summed E-state index contributed by atoms with van der Waals surface area (Å²) < 4.78 is 0. The van der Waals surface area contributed by atoms with Gasteiger partial charge in [-0.3, -0.25) is 53.3 Å². The number of carboxylic acid groups (broad SMARTS) is 2. The van der Waals surface area contributed by atoms with Gasteiger partial charge < -0.3 is 107 Å². The van der Waals surface area contributed by atoms with Gasteiger partial charge in [-0.2, -0.15) is 0 Å². The molecule has 0 bridgehead atoms. The second kappa shape index (κ2) is 35.5. The van der Waals surface area contributed by atoms with Crippen LogP contribution in [0.2, 0.25) is 0 Å². The molecule has 14 atom stereocenters. The van der Waals surface area contributed by atoms with Crippen molar-refractivity contribution in [2.45, 2.75) is 208 Å². The quantitative estimate of drug-likeness (QED) is 0.0189. The molecule has 99 heavy (non-hydrogen) atoms. The van der Waals surface area contributed by atoms with Gasteiger partial charge in [0.25, 0.3) is 0 Å². The first-order valence-electron chi connectivity index (χ1n) is 34.3. The zero-order valence-corrected chi connectivity index (χ0v) is 55.8. The molecule has 8 rings (SSSR count). The summed E-state index contributed by atoms with van der Waals surface area (Å²) in [6.45, 7) is -1.96. The van der Waals surface area contributed by atoms with Crippen LogP contribution in [0.1, 0.15) is 131 Å². The molecule has 2 aromatic carbocycles. The highest BCUT2D eigenvalue weighted by atomic mass is 16.4. The van der Waals surface area contributed by atoms with E-state index in [1.165, 1.54) is 19.6 Å². The number of hydrogen-bond acceptors (Lipinski definition) is 17. The van der Waals surface area contributed by atoms with Crippen molar-refractivity contribution in [3.05, 3.63) is 70.8 Å². The minimum absolute atomic E-state index is 0.0151. The third kappa shape index (κ3) is 19.6. The van der Waals surface area contributed by atoms with Crippen molar-refractivity contribution < 1.29 is 68.4 Å². The fourth-order valence-corrected chi connectivity index (χ4v) is 15.1. The molecule has 4 aliphatic heterocycles. The number of carboxylic acids is 2. The van der Waals surface area contributed by atoms with Crippen molar-refractivity contribution >= 4 is 77.1 Å². The number of aliphatic imine (C=N–C) groups is 3. The summed E-state index contributed by atoms with van der Waals surface area (Å²) in [5.41, 5.74) is 42.2. The summed E-state index contributed by atoms with van der Waals surface area (Å²) in [6, 6.07) is 0.241. The molecule has 0 aromatic heterocycles. The van der Waals surface area contributed by atoms with Crippen LogP contribution in [-0.2, 0) is 73.9 Å². The van der Waals surface area contributed by atoms with Gasteiger partial charge in [-0.1, -0.05) is 74.2 Å². The number of guanidine groups is 3. The van der Waals surface area contributed by atoms with E-state index in [0.717, 1.165) is 36.8 Å². The smallest absolute Gasteiger partial charge is 0.326 e. The van der Waals surface area contributed by atoms with Crippen molar-refractivity contribution in [1.82, 2.24) is 46.2 Å². The number of likely N-dealkylation sites (tertiary alicyclic amines) is 2. The summed E-state index contributed by atoms with van der Waals surface area (Å²) >= 11 is 0. The van der Waals surface area contributed by atoms with Crippen LogP contribution in [0, 0.1) is 11.8 Å². The van der Waals surface area contributed by atoms with Crippen molar-refractivity contribution in [3.8, 4) is 0 Å². The molecule has 23 N–H and O–H groups in total. The van der Waals surface area contributed by atoms with Gasteiger partial charge >= 0.3 is 11.9 Å². The van der Waals surface area contributed by atoms with Crippen LogP contribution in [-0.4, -0.2) is 229 Å². The predicted molar refractivity (Wildman–Crippen MR) is 362 cm³/mol. The molecule has 0 spiro atoms. The molecule has 33 heteroatoms. The number of fused-ring (bicyclic) bond motifs is 4. The predicted octanol–water partition coefficient (Wildman–Crippen LogP) is -3.86. The number of carbonyl (C=O) groups excluding carboxylic acids is 8. The standard InChI is InChI=1S/C66H99N19O14/c67-42(18-9-23-74-64(68)69)31-77-45(55(89)81-47(35-87)59(93)83-33-41-17-4-2-13-37(41)27-53(83)61(95)85-49-22-8-6-15-39(49)29-51(85)57(91)80-44(63(98)99)20-11-25-76-66(72)73)30-54(88)78-46(34-86)58(92)82-32-40-16-3-1-12-36(40)26-52(82)60(94)84-48-21-7-5-14-38(48)28-50(84)56(90)79-43(62(96)97)19-10-24-75-65(70)71/h1-4,12-13,16-17,38-39,42-53,77,86-87H,5-11,14-15,18-35,67H2,(H,78,88)(H,79,90)(H,80,91)(H,81,89)(H,96,97)(H,98,99)(H4,68,69,74)(H4,70,71,75)(H4,72,73,76)/t38?,39?,42-,43-,44-,45+,46-,47-,48?,49?,50-,51-,52+,53+/m0/s1. The van der Waals surface area contributed by atoms with E-state index in [-0.39, 0.29) is 120 Å². The van der Waals surface area contributed by atoms with E-state index in [2.05, 4.69) is 41.6 Å². The lowest BCUT2D eigenvalue weighted by atomic mass is 9.84. The van der Waals surface area contributed by atoms with Crippen LogP contribution in [0.5, 0.6) is 0 Å². The Bertz CT molecular complexity index is 3330. The number of aliphatic hydroxyl groups is 2. The molecule has 4 heterocycles. The molecule has 2 aliphatic carbocycles. The van der Waals surface area contributed by atoms with E-state index in [1.54, 1.807) is 36.4 Å². The lowest BCUT2D eigenvalue weighted by Crippen LogP contribution is -2.63. The van der Waals surface area contributed by atoms with E-state index in [4.69, 9.17) is 40.1 Å². The third-order valence-corrected chi connectivity index (χ3v) is 20.0. The average molecular weight is 1380 g/mol. The number of rotatable bonds is 32. The summed E-state index contributed by atoms with van der Waals surface area (Å²) in [7, 11) is 0. The van der Waals surface area contributed by atoms with E-state index in [0.29, 0.717) is 49.7 Å². The number of aliphatic hydroxyl groups excluding tert-OH is 2. The molecule has 8 amide bonds. The van der Waals surface area contributed by atoms with Crippen molar-refractivity contribution in [1.29, 1.82) is 0 Å². The van der Waals surface area contributed by atoms with Gasteiger partial charge in [-0.05, 0) is 111 Å². The van der Waals surface area contributed by atoms with Gasteiger partial charge in [0.05, 0.1) is 25.7 Å². The first kappa shape index (κ1) is 75.6. The number of aliphatic carboxylic acids is 2. The third-order valence-electron chi connectivity index (χ3n) is 20.0. The molecule has 2 saturated heterocycles. The van der Waals surface area contributed by atoms with Gasteiger partial charge in [0.2, 0.25) is 47.3 Å². The average Bonchev–Trinajstić information content (AvgIpc) is 1.70. The molecule has 2 aromatic rings. The van der Waals surface area contributed by atoms with Crippen molar-refractivity contribution in [3.63, 3.8) is 0 Å². The zero-order valence-electron chi connectivity index (χ0n) is 55.8. The summed E-state index contributed by atoms with van der Waals surface area (Å²) in [4.78, 5) is 162. The normalized spacial score (nSPS) is 23.3. The number of hydrogen-bond donors (Lipinski definition) is 16. The molecule has 33 nitrogen and oxygen atoms in total. The van der Waals surface area contributed by atoms with Crippen LogP contribution in [0.4, 0.5) is 0 Å². The molecule has 4 unspecified atom stereocenters. The highest BCUT2D eigenvalue weighted by Gasteiger charge is 2.54. The Labute approximate surface area is 574 Å². The maximum atomic E-state index is 15.5. The first-order chi connectivity index (χ1) is 47.4. The Morgan fingerprint density at radius 3 is 1.29 bits per heavy atom. The van der Waals surface area contributed by atoms with E-state index in [9.17, 15) is 49.2 Å². The van der Waals surface area contributed by atoms with Gasteiger partial charge in [-0.25, -0.2) is 9.59 Å². The molecule has 4 fully saturated rings. The number of benzene rings is 2. The fraction of sp³-hybridized carbons (Fsp3) is 0.621. The summed E-state index contributed by atoms with van der Waals surface area (Å²) in [5.74, 6) is -9.53. The van der Waals surface area contributed by atoms with E-state index in [1.807, 2.05) is 12.1 Å². The lowest BCUT2D eigenvalue weighted by Gasteiger charge is -2.42. The Kier molecular flexibility index (Phi) is 27.1. The minimum atomic E-state index is -1.75. The van der Waals surface area contributed by atoms with Crippen molar-refractivity contribution in [2.24, 2.45) is 66.9 Å². The topological polar surface area (TPSA) is 544 Å².